The average molecular weight is 238 g/mol. The van der Waals surface area contributed by atoms with Gasteiger partial charge < -0.3 is 0 Å². The van der Waals surface area contributed by atoms with Gasteiger partial charge in [0.15, 0.2) is 0 Å². The molecule has 0 aromatic heterocycles. The summed E-state index contributed by atoms with van der Waals surface area (Å²) in [7, 11) is 0. The maximum absolute atomic E-state index is 5.59. The van der Waals surface area contributed by atoms with Crippen LogP contribution in [0.1, 0.15) is 25.0 Å². The topological polar surface area (TPSA) is 38.0 Å². The molecule has 0 bridgehead atoms. The molecule has 90 valence electrons. The quantitative estimate of drug-likeness (QED) is 0.591. The van der Waals surface area contributed by atoms with Gasteiger partial charge in [0.2, 0.25) is 0 Å². The zero-order chi connectivity index (χ0) is 12.0. The minimum Gasteiger partial charge on any atom is -0.271 e. The Morgan fingerprint density at radius 3 is 2.56 bits per heavy atom. The molecule has 0 saturated heterocycles. The minimum atomic E-state index is 0.355. The predicted molar refractivity (Wildman–Crippen MR) is 73.6 cm³/mol. The molecule has 1 atom stereocenters. The van der Waals surface area contributed by atoms with Gasteiger partial charge in [0.1, 0.15) is 0 Å². The zero-order valence-electron chi connectivity index (χ0n) is 10.4. The Bertz CT molecular complexity index is 313. The van der Waals surface area contributed by atoms with Crippen molar-refractivity contribution in [3.8, 4) is 0 Å². The van der Waals surface area contributed by atoms with Crippen molar-refractivity contribution < 1.29 is 0 Å². The summed E-state index contributed by atoms with van der Waals surface area (Å²) in [5.41, 5.74) is 5.64. The minimum absolute atomic E-state index is 0.355. The lowest BCUT2D eigenvalue weighted by Crippen LogP contribution is -2.39. The second-order valence-corrected chi connectivity index (χ2v) is 5.99. The standard InChI is InChI=1S/C13H22N2S/c1-10(2)16-9-13(15-14)8-12-7-5-4-6-11(12)3/h4-7,10,13,15H,8-9,14H2,1-3H3. The second kappa shape index (κ2) is 6.94. The number of hydrogen-bond acceptors (Lipinski definition) is 3. The fourth-order valence-electron chi connectivity index (χ4n) is 1.58. The lowest BCUT2D eigenvalue weighted by molar-refractivity contribution is 0.574. The normalized spacial score (nSPS) is 13.1. The van der Waals surface area contributed by atoms with Crippen molar-refractivity contribution in [2.75, 3.05) is 5.75 Å². The fraction of sp³-hybridized carbons (Fsp3) is 0.538. The highest BCUT2D eigenvalue weighted by atomic mass is 32.2. The van der Waals surface area contributed by atoms with E-state index in [1.54, 1.807) is 0 Å². The second-order valence-electron chi connectivity index (χ2n) is 4.38. The van der Waals surface area contributed by atoms with Crippen molar-refractivity contribution in [2.45, 2.75) is 38.5 Å². The van der Waals surface area contributed by atoms with Crippen LogP contribution in [0.4, 0.5) is 0 Å². The third-order valence-electron chi connectivity index (χ3n) is 2.59. The van der Waals surface area contributed by atoms with Gasteiger partial charge in [-0.1, -0.05) is 38.1 Å². The van der Waals surface area contributed by atoms with E-state index in [1.807, 2.05) is 11.8 Å². The molecule has 0 radical (unpaired) electrons. The number of nitrogens with one attached hydrogen (secondary N) is 1. The number of benzene rings is 1. The van der Waals surface area contributed by atoms with Gasteiger partial charge in [-0.15, -0.1) is 0 Å². The summed E-state index contributed by atoms with van der Waals surface area (Å²) in [6, 6.07) is 8.85. The molecule has 0 aliphatic carbocycles. The van der Waals surface area contributed by atoms with Gasteiger partial charge in [-0.05, 0) is 29.7 Å². The lowest BCUT2D eigenvalue weighted by atomic mass is 10.0. The van der Waals surface area contributed by atoms with Crippen LogP contribution in [0.5, 0.6) is 0 Å². The van der Waals surface area contributed by atoms with Gasteiger partial charge in [-0.25, -0.2) is 0 Å². The Balaban J connectivity index is 2.53. The molecule has 1 rings (SSSR count). The van der Waals surface area contributed by atoms with E-state index in [0.29, 0.717) is 11.3 Å². The molecule has 3 N–H and O–H groups in total. The Kier molecular flexibility index (Phi) is 5.88. The number of nitrogens with two attached hydrogens (primary N) is 1. The van der Waals surface area contributed by atoms with Gasteiger partial charge in [0.05, 0.1) is 0 Å². The molecule has 0 fully saturated rings. The molecule has 1 aromatic carbocycles. The number of rotatable bonds is 6. The van der Waals surface area contributed by atoms with Crippen LogP contribution in [-0.2, 0) is 6.42 Å². The number of hydrogen-bond donors (Lipinski definition) is 2. The van der Waals surface area contributed by atoms with Gasteiger partial charge in [0, 0.05) is 11.8 Å². The molecule has 0 heterocycles. The molecule has 0 aliphatic rings. The van der Waals surface area contributed by atoms with Crippen molar-refractivity contribution in [3.63, 3.8) is 0 Å². The Hall–Kier alpha value is -0.510. The highest BCUT2D eigenvalue weighted by Gasteiger charge is 2.10. The maximum Gasteiger partial charge on any atom is 0.0341 e. The molecule has 1 aromatic rings. The smallest absolute Gasteiger partial charge is 0.0341 e. The molecule has 0 saturated carbocycles. The first-order chi connectivity index (χ1) is 7.63. The summed E-state index contributed by atoms with van der Waals surface area (Å²) in [4.78, 5) is 0. The first kappa shape index (κ1) is 13.6. The van der Waals surface area contributed by atoms with E-state index >= 15 is 0 Å². The van der Waals surface area contributed by atoms with E-state index < -0.39 is 0 Å². The van der Waals surface area contributed by atoms with Crippen LogP contribution in [0, 0.1) is 6.92 Å². The monoisotopic (exact) mass is 238 g/mol. The van der Waals surface area contributed by atoms with E-state index in [9.17, 15) is 0 Å². The van der Waals surface area contributed by atoms with Crippen molar-refractivity contribution in [1.29, 1.82) is 0 Å². The van der Waals surface area contributed by atoms with Crippen molar-refractivity contribution in [3.05, 3.63) is 35.4 Å². The van der Waals surface area contributed by atoms with Crippen LogP contribution in [-0.4, -0.2) is 17.0 Å². The predicted octanol–water partition coefficient (Wildman–Crippen LogP) is 2.51. The molecule has 3 heteroatoms. The van der Waals surface area contributed by atoms with E-state index in [-0.39, 0.29) is 0 Å². The summed E-state index contributed by atoms with van der Waals surface area (Å²) < 4.78 is 0. The van der Waals surface area contributed by atoms with Gasteiger partial charge in [0.25, 0.3) is 0 Å². The van der Waals surface area contributed by atoms with E-state index in [0.717, 1.165) is 12.2 Å². The van der Waals surface area contributed by atoms with E-state index in [1.165, 1.54) is 11.1 Å². The maximum atomic E-state index is 5.59. The Morgan fingerprint density at radius 2 is 2.00 bits per heavy atom. The first-order valence-corrected chi connectivity index (χ1v) is 6.80. The van der Waals surface area contributed by atoms with Crippen LogP contribution in [0.2, 0.25) is 0 Å². The highest BCUT2D eigenvalue weighted by molar-refractivity contribution is 7.99. The molecule has 0 aliphatic heterocycles. The molecule has 1 unspecified atom stereocenters. The Labute approximate surface area is 103 Å². The third kappa shape index (κ3) is 4.56. The highest BCUT2D eigenvalue weighted by Crippen LogP contribution is 2.15. The summed E-state index contributed by atoms with van der Waals surface area (Å²) in [6.07, 6.45) is 1.00. The SMILES string of the molecule is Cc1ccccc1CC(CSC(C)C)NN. The summed E-state index contributed by atoms with van der Waals surface area (Å²) in [6.45, 7) is 6.58. The fourth-order valence-corrected chi connectivity index (χ4v) is 2.41. The van der Waals surface area contributed by atoms with Gasteiger partial charge in [-0.2, -0.15) is 11.8 Å². The number of thioether (sulfide) groups is 1. The molecule has 2 nitrogen and oxygen atoms in total. The largest absolute Gasteiger partial charge is 0.271 e. The van der Waals surface area contributed by atoms with E-state index in [2.05, 4.69) is 50.5 Å². The molecule has 0 amide bonds. The summed E-state index contributed by atoms with van der Waals surface area (Å²) in [5.74, 6) is 6.65. The van der Waals surface area contributed by atoms with Crippen LogP contribution in [0.15, 0.2) is 24.3 Å². The molecule has 16 heavy (non-hydrogen) atoms. The molecular weight excluding hydrogens is 216 g/mol. The van der Waals surface area contributed by atoms with Gasteiger partial charge in [-0.3, -0.25) is 11.3 Å². The van der Waals surface area contributed by atoms with Crippen LogP contribution >= 0.6 is 11.8 Å². The molecule has 0 spiro atoms. The van der Waals surface area contributed by atoms with Crippen molar-refractivity contribution in [2.24, 2.45) is 5.84 Å². The molecular formula is C13H22N2S. The van der Waals surface area contributed by atoms with Crippen LogP contribution in [0.25, 0.3) is 0 Å². The summed E-state index contributed by atoms with van der Waals surface area (Å²) in [5, 5.41) is 0.660. The van der Waals surface area contributed by atoms with Crippen molar-refractivity contribution >= 4 is 11.8 Å². The summed E-state index contributed by atoms with van der Waals surface area (Å²) >= 11 is 1.95. The number of hydrazine groups is 1. The van der Waals surface area contributed by atoms with Crippen LogP contribution in [0.3, 0.4) is 0 Å². The number of aryl methyl sites for hydroxylation is 1. The third-order valence-corrected chi connectivity index (χ3v) is 3.86. The Morgan fingerprint density at radius 1 is 1.31 bits per heavy atom. The lowest BCUT2D eigenvalue weighted by Gasteiger charge is -2.17. The zero-order valence-corrected chi connectivity index (χ0v) is 11.2. The first-order valence-electron chi connectivity index (χ1n) is 5.75. The van der Waals surface area contributed by atoms with E-state index in [4.69, 9.17) is 5.84 Å². The van der Waals surface area contributed by atoms with Crippen LogP contribution < -0.4 is 11.3 Å². The van der Waals surface area contributed by atoms with Crippen molar-refractivity contribution in [1.82, 2.24) is 5.43 Å². The van der Waals surface area contributed by atoms with Gasteiger partial charge >= 0.3 is 0 Å². The average Bonchev–Trinajstić information content (AvgIpc) is 2.26.